The van der Waals surface area contributed by atoms with Gasteiger partial charge in [0.15, 0.2) is 0 Å². The minimum atomic E-state index is -4.69. The van der Waals surface area contributed by atoms with E-state index in [1.54, 1.807) is 0 Å². The number of hydrogen-bond acceptors (Lipinski definition) is 4. The molecule has 1 atom stereocenters. The van der Waals surface area contributed by atoms with Gasteiger partial charge in [0.25, 0.3) is 11.6 Å². The van der Waals surface area contributed by atoms with Crippen LogP contribution in [0.25, 0.3) is 0 Å². The Morgan fingerprint density at radius 3 is 2.00 bits per heavy atom. The molecule has 0 saturated carbocycles. The van der Waals surface area contributed by atoms with Gasteiger partial charge in [0, 0.05) is 23.5 Å². The lowest BCUT2D eigenvalue weighted by Gasteiger charge is -2.26. The zero-order valence-electron chi connectivity index (χ0n) is 18.0. The minimum absolute atomic E-state index is 0.0576. The number of amides is 1. The van der Waals surface area contributed by atoms with Crippen LogP contribution >= 0.6 is 0 Å². The maximum absolute atomic E-state index is 13.3. The molecule has 36 heavy (non-hydrogen) atoms. The maximum atomic E-state index is 13.3. The van der Waals surface area contributed by atoms with Gasteiger partial charge in [0.2, 0.25) is 0 Å². The van der Waals surface area contributed by atoms with Crippen LogP contribution in [0.4, 0.5) is 43.4 Å². The number of nitrogens with zero attached hydrogens (tertiary/aromatic N) is 2. The van der Waals surface area contributed by atoms with Crippen molar-refractivity contribution < 1.29 is 36.1 Å². The maximum Gasteiger partial charge on any atom is 0.416 e. The lowest BCUT2D eigenvalue weighted by Crippen LogP contribution is -2.31. The molecule has 1 aliphatic rings. The molecule has 4 rings (SSSR count). The number of halogens is 6. The molecular weight excluding hydrogens is 492 g/mol. The summed E-state index contributed by atoms with van der Waals surface area (Å²) < 4.78 is 79.2. The second-order valence-corrected chi connectivity index (χ2v) is 7.80. The van der Waals surface area contributed by atoms with Crippen LogP contribution in [0.3, 0.4) is 0 Å². The fraction of sp³-hybridized carbons (Fsp3) is 0.125. The second kappa shape index (κ2) is 9.02. The van der Waals surface area contributed by atoms with Crippen molar-refractivity contribution in [2.45, 2.75) is 18.4 Å². The first-order valence-corrected chi connectivity index (χ1v) is 10.3. The monoisotopic (exact) mass is 507 g/mol. The molecule has 0 bridgehead atoms. The third kappa shape index (κ3) is 5.02. The van der Waals surface area contributed by atoms with Gasteiger partial charge in [-0.05, 0) is 60.2 Å². The molecule has 12 heteroatoms. The number of rotatable bonds is 5. The molecule has 0 radical (unpaired) electrons. The van der Waals surface area contributed by atoms with Crippen LogP contribution in [-0.4, -0.2) is 10.8 Å². The fourth-order valence-electron chi connectivity index (χ4n) is 3.73. The molecule has 1 heterocycles. The minimum Gasteiger partial charge on any atom is -0.351 e. The Labute approximate surface area is 199 Å². The number of non-ortho nitro benzene ring substituents is 1. The molecule has 0 aliphatic carbocycles. The van der Waals surface area contributed by atoms with Crippen molar-refractivity contribution in [3.8, 4) is 0 Å². The van der Waals surface area contributed by atoms with E-state index >= 15 is 0 Å². The van der Waals surface area contributed by atoms with Gasteiger partial charge >= 0.3 is 12.4 Å². The van der Waals surface area contributed by atoms with E-state index in [0.29, 0.717) is 5.56 Å². The summed E-state index contributed by atoms with van der Waals surface area (Å²) >= 11 is 0. The molecule has 1 aliphatic heterocycles. The second-order valence-electron chi connectivity index (χ2n) is 7.80. The van der Waals surface area contributed by atoms with Gasteiger partial charge in [-0.2, -0.15) is 26.3 Å². The van der Waals surface area contributed by atoms with Gasteiger partial charge in [-0.15, -0.1) is 0 Å². The summed E-state index contributed by atoms with van der Waals surface area (Å²) in [6.45, 7) is 0. The van der Waals surface area contributed by atoms with Gasteiger partial charge in [0.1, 0.15) is 5.70 Å². The van der Waals surface area contributed by atoms with Crippen LogP contribution < -0.4 is 10.2 Å². The van der Waals surface area contributed by atoms with Gasteiger partial charge in [0.05, 0.1) is 22.1 Å². The number of nitrogens with one attached hydrogen (secondary N) is 1. The van der Waals surface area contributed by atoms with Crippen LogP contribution in [0, 0.1) is 10.1 Å². The Hall–Kier alpha value is -4.35. The third-order valence-electron chi connectivity index (χ3n) is 5.42. The number of alkyl halides is 6. The quantitative estimate of drug-likeness (QED) is 0.237. The predicted molar refractivity (Wildman–Crippen MR) is 118 cm³/mol. The zero-order valence-corrected chi connectivity index (χ0v) is 18.0. The Bertz CT molecular complexity index is 1350. The number of hydrogen-bond donors (Lipinski definition) is 1. The number of nitro groups is 1. The number of carbonyl (C=O) groups is 1. The summed E-state index contributed by atoms with van der Waals surface area (Å²) in [7, 11) is 0. The first-order valence-electron chi connectivity index (χ1n) is 10.3. The molecule has 0 saturated heterocycles. The van der Waals surface area contributed by atoms with E-state index in [1.807, 2.05) is 0 Å². The van der Waals surface area contributed by atoms with Crippen LogP contribution in [0.1, 0.15) is 22.7 Å². The number of anilines is 2. The summed E-state index contributed by atoms with van der Waals surface area (Å²) in [6.07, 6.45) is -7.98. The van der Waals surface area contributed by atoms with Crippen molar-refractivity contribution in [3.63, 3.8) is 0 Å². The van der Waals surface area contributed by atoms with Gasteiger partial charge in [-0.1, -0.05) is 12.1 Å². The van der Waals surface area contributed by atoms with Crippen molar-refractivity contribution in [2.24, 2.45) is 0 Å². The first-order chi connectivity index (χ1) is 16.8. The van der Waals surface area contributed by atoms with E-state index in [9.17, 15) is 41.3 Å². The summed E-state index contributed by atoms with van der Waals surface area (Å²) in [4.78, 5) is 24.7. The zero-order chi connectivity index (χ0) is 26.3. The highest BCUT2D eigenvalue weighted by atomic mass is 19.4. The van der Waals surface area contributed by atoms with E-state index in [2.05, 4.69) is 5.32 Å². The van der Waals surface area contributed by atoms with Crippen molar-refractivity contribution in [2.75, 3.05) is 10.2 Å². The number of nitro benzene ring substituents is 1. The Morgan fingerprint density at radius 2 is 1.42 bits per heavy atom. The molecule has 3 aromatic carbocycles. The molecule has 1 unspecified atom stereocenters. The summed E-state index contributed by atoms with van der Waals surface area (Å²) in [5.74, 6) is -0.796. The smallest absolute Gasteiger partial charge is 0.351 e. The van der Waals surface area contributed by atoms with Crippen LogP contribution in [-0.2, 0) is 17.1 Å². The molecular formula is C24H15F6N3O3. The van der Waals surface area contributed by atoms with E-state index in [0.717, 1.165) is 41.3 Å². The molecule has 3 aromatic rings. The lowest BCUT2D eigenvalue weighted by molar-refractivity contribution is -0.384. The summed E-state index contributed by atoms with van der Waals surface area (Å²) in [5, 5.41) is 13.6. The summed E-state index contributed by atoms with van der Waals surface area (Å²) in [5.41, 5.74) is -2.20. The summed E-state index contributed by atoms with van der Waals surface area (Å²) in [6, 6.07) is 12.2. The Morgan fingerprint density at radius 1 is 0.833 bits per heavy atom. The van der Waals surface area contributed by atoms with Crippen molar-refractivity contribution >= 4 is 23.0 Å². The SMILES string of the molecule is O=C1C(Nc2cccc(C(F)(F)F)c2)=CC(c2ccc([N+](=O)[O-])cc2)N1c1cccc(C(F)(F)F)c1. The average Bonchev–Trinajstić information content (AvgIpc) is 3.14. The molecule has 6 nitrogen and oxygen atoms in total. The number of benzene rings is 3. The molecule has 0 aromatic heterocycles. The van der Waals surface area contributed by atoms with Crippen molar-refractivity contribution in [3.05, 3.63) is 111 Å². The Balaban J connectivity index is 1.75. The molecule has 0 fully saturated rings. The molecule has 1 amide bonds. The van der Waals surface area contributed by atoms with Crippen LogP contribution in [0.2, 0.25) is 0 Å². The normalized spacial score (nSPS) is 16.2. The van der Waals surface area contributed by atoms with Crippen molar-refractivity contribution in [1.82, 2.24) is 0 Å². The predicted octanol–water partition coefficient (Wildman–Crippen LogP) is 6.72. The van der Waals surface area contributed by atoms with Crippen LogP contribution in [0.5, 0.6) is 0 Å². The van der Waals surface area contributed by atoms with Gasteiger partial charge < -0.3 is 5.32 Å². The van der Waals surface area contributed by atoms with E-state index in [4.69, 9.17) is 0 Å². The van der Waals surface area contributed by atoms with Crippen molar-refractivity contribution in [1.29, 1.82) is 0 Å². The first kappa shape index (κ1) is 24.8. The van der Waals surface area contributed by atoms with E-state index in [1.165, 1.54) is 42.5 Å². The highest BCUT2D eigenvalue weighted by Crippen LogP contribution is 2.39. The largest absolute Gasteiger partial charge is 0.416 e. The van der Waals surface area contributed by atoms with E-state index in [-0.39, 0.29) is 22.8 Å². The highest BCUT2D eigenvalue weighted by Gasteiger charge is 2.37. The van der Waals surface area contributed by atoms with E-state index < -0.39 is 40.4 Å². The van der Waals surface area contributed by atoms with Crippen LogP contribution in [0.15, 0.2) is 84.6 Å². The Kier molecular flexibility index (Phi) is 6.21. The lowest BCUT2D eigenvalue weighted by atomic mass is 10.0. The highest BCUT2D eigenvalue weighted by molar-refractivity contribution is 6.11. The third-order valence-corrected chi connectivity index (χ3v) is 5.42. The van der Waals surface area contributed by atoms with Gasteiger partial charge in [-0.3, -0.25) is 19.8 Å². The number of carbonyl (C=O) groups excluding carboxylic acids is 1. The average molecular weight is 507 g/mol. The molecule has 0 spiro atoms. The fourth-order valence-corrected chi connectivity index (χ4v) is 3.73. The van der Waals surface area contributed by atoms with Gasteiger partial charge in [-0.25, -0.2) is 0 Å². The standard InChI is InChI=1S/C24H15F6N3O3/c25-23(26,27)15-3-1-5-17(11-15)31-20-13-21(14-7-9-18(10-8-14)33(35)36)32(22(20)34)19-6-2-4-16(12-19)24(28,29)30/h1-13,21,31H. The molecule has 186 valence electrons. The topological polar surface area (TPSA) is 75.5 Å². The molecule has 1 N–H and O–H groups in total.